The fourth-order valence-electron chi connectivity index (χ4n) is 4.15. The van der Waals surface area contributed by atoms with Crippen LogP contribution in [0.15, 0.2) is 97.2 Å². The minimum absolute atomic E-state index is 0.197. The summed E-state index contributed by atoms with van der Waals surface area (Å²) in [7, 11) is 0. The molecule has 41 heavy (non-hydrogen) atoms. The minimum atomic E-state index is -1.36. The van der Waals surface area contributed by atoms with Gasteiger partial charge in [-0.3, -0.25) is 0 Å². The maximum atomic E-state index is 13.1. The Bertz CT molecular complexity index is 1530. The SMILES string of the molecule is O=C(OC[C@H]1O[C@@H](n2cc([N+](=O)[O-])nn2)[C@H](OC(=O)c2ccccc2)[C@@H]1OC(=O)c1ccccc1)c1ccccc1. The van der Waals surface area contributed by atoms with E-state index in [1.54, 1.807) is 66.7 Å². The Balaban J connectivity index is 1.47. The Morgan fingerprint density at radius 1 is 0.780 bits per heavy atom. The van der Waals surface area contributed by atoms with Crippen molar-refractivity contribution in [2.45, 2.75) is 24.5 Å². The van der Waals surface area contributed by atoms with Gasteiger partial charge in [0.05, 0.1) is 21.9 Å². The number of nitro groups is 1. The minimum Gasteiger partial charge on any atom is -0.459 e. The van der Waals surface area contributed by atoms with Gasteiger partial charge in [0, 0.05) is 0 Å². The van der Waals surface area contributed by atoms with E-state index in [1.165, 1.54) is 24.3 Å². The summed E-state index contributed by atoms with van der Waals surface area (Å²) in [6.07, 6.45) is -4.16. The van der Waals surface area contributed by atoms with Crippen molar-refractivity contribution in [2.75, 3.05) is 6.61 Å². The van der Waals surface area contributed by atoms with Crippen molar-refractivity contribution in [1.82, 2.24) is 15.0 Å². The number of ether oxygens (including phenoxy) is 4. The fraction of sp³-hybridized carbons (Fsp3) is 0.179. The van der Waals surface area contributed by atoms with E-state index in [-0.39, 0.29) is 16.7 Å². The molecule has 1 fully saturated rings. The van der Waals surface area contributed by atoms with Crippen molar-refractivity contribution in [3.63, 3.8) is 0 Å². The Labute approximate surface area is 232 Å². The van der Waals surface area contributed by atoms with Crippen LogP contribution < -0.4 is 0 Å². The number of carbonyl (C=O) groups excluding carboxylic acids is 3. The van der Waals surface area contributed by atoms with Gasteiger partial charge in [0.25, 0.3) is 0 Å². The van der Waals surface area contributed by atoms with E-state index in [0.717, 1.165) is 10.9 Å². The molecule has 0 saturated carbocycles. The van der Waals surface area contributed by atoms with E-state index in [1.807, 2.05) is 0 Å². The van der Waals surface area contributed by atoms with Gasteiger partial charge in [-0.2, -0.15) is 4.68 Å². The quantitative estimate of drug-likeness (QED) is 0.128. The monoisotopic (exact) mass is 558 g/mol. The van der Waals surface area contributed by atoms with Gasteiger partial charge in [0.2, 0.25) is 0 Å². The zero-order valence-corrected chi connectivity index (χ0v) is 21.2. The summed E-state index contributed by atoms with van der Waals surface area (Å²) in [6, 6.07) is 24.3. The van der Waals surface area contributed by atoms with E-state index in [9.17, 15) is 24.5 Å². The van der Waals surface area contributed by atoms with E-state index >= 15 is 0 Å². The second-order valence-corrected chi connectivity index (χ2v) is 8.82. The van der Waals surface area contributed by atoms with Crippen LogP contribution in [-0.4, -0.2) is 62.7 Å². The first-order valence-corrected chi connectivity index (χ1v) is 12.4. The molecule has 5 rings (SSSR count). The smallest absolute Gasteiger partial charge is 0.410 e. The molecule has 0 N–H and O–H groups in total. The highest BCUT2D eigenvalue weighted by molar-refractivity contribution is 5.91. The molecule has 4 aromatic rings. The molecular weight excluding hydrogens is 536 g/mol. The molecule has 0 aliphatic carbocycles. The van der Waals surface area contributed by atoms with Crippen molar-refractivity contribution in [1.29, 1.82) is 0 Å². The average molecular weight is 559 g/mol. The van der Waals surface area contributed by atoms with Crippen LogP contribution in [0.1, 0.15) is 37.3 Å². The van der Waals surface area contributed by atoms with Gasteiger partial charge < -0.3 is 29.1 Å². The van der Waals surface area contributed by atoms with Crippen LogP contribution in [0.3, 0.4) is 0 Å². The third-order valence-electron chi connectivity index (χ3n) is 6.12. The number of benzene rings is 3. The highest BCUT2D eigenvalue weighted by Gasteiger charge is 2.52. The maximum absolute atomic E-state index is 13.1. The topological polar surface area (TPSA) is 162 Å². The predicted molar refractivity (Wildman–Crippen MR) is 139 cm³/mol. The van der Waals surface area contributed by atoms with Crippen LogP contribution in [-0.2, 0) is 18.9 Å². The summed E-state index contributed by atoms with van der Waals surface area (Å²) < 4.78 is 24.0. The first kappa shape index (κ1) is 27.1. The Morgan fingerprint density at radius 3 is 1.76 bits per heavy atom. The molecule has 1 aliphatic heterocycles. The number of esters is 3. The molecule has 1 aliphatic rings. The van der Waals surface area contributed by atoms with Gasteiger partial charge in [0.15, 0.2) is 18.4 Å². The molecule has 13 heteroatoms. The van der Waals surface area contributed by atoms with Gasteiger partial charge in [-0.25, -0.2) is 14.4 Å². The Kier molecular flexibility index (Phi) is 8.06. The lowest BCUT2D eigenvalue weighted by Crippen LogP contribution is -2.41. The molecule has 208 valence electrons. The largest absolute Gasteiger partial charge is 0.459 e. The number of aromatic nitrogens is 3. The van der Waals surface area contributed by atoms with Gasteiger partial charge in [-0.15, -0.1) is 0 Å². The molecule has 1 saturated heterocycles. The van der Waals surface area contributed by atoms with Crippen LogP contribution in [0.4, 0.5) is 5.82 Å². The average Bonchev–Trinajstić information content (AvgIpc) is 3.63. The maximum Gasteiger partial charge on any atom is 0.410 e. The lowest BCUT2D eigenvalue weighted by atomic mass is 10.1. The highest BCUT2D eigenvalue weighted by Crippen LogP contribution is 2.35. The summed E-state index contributed by atoms with van der Waals surface area (Å²) in [4.78, 5) is 49.3. The van der Waals surface area contributed by atoms with Gasteiger partial charge in [-0.1, -0.05) is 54.6 Å². The predicted octanol–water partition coefficient (Wildman–Crippen LogP) is 3.39. The van der Waals surface area contributed by atoms with Crippen molar-refractivity contribution in [2.24, 2.45) is 0 Å². The van der Waals surface area contributed by atoms with Crippen molar-refractivity contribution < 1.29 is 38.3 Å². The number of rotatable bonds is 9. The van der Waals surface area contributed by atoms with Gasteiger partial charge in [-0.05, 0) is 41.3 Å². The molecule has 2 heterocycles. The van der Waals surface area contributed by atoms with Crippen molar-refractivity contribution >= 4 is 23.7 Å². The molecule has 1 aromatic heterocycles. The second kappa shape index (κ2) is 12.2. The first-order valence-electron chi connectivity index (χ1n) is 12.4. The number of nitrogens with zero attached hydrogens (tertiary/aromatic N) is 4. The van der Waals surface area contributed by atoms with Crippen LogP contribution in [0, 0.1) is 10.1 Å². The second-order valence-electron chi connectivity index (χ2n) is 8.82. The molecule has 0 unspecified atom stereocenters. The zero-order valence-electron chi connectivity index (χ0n) is 21.2. The summed E-state index contributed by atoms with van der Waals surface area (Å²) >= 11 is 0. The third-order valence-corrected chi connectivity index (χ3v) is 6.12. The summed E-state index contributed by atoms with van der Waals surface area (Å²) in [5.74, 6) is -2.79. The lowest BCUT2D eigenvalue weighted by molar-refractivity contribution is -0.389. The van der Waals surface area contributed by atoms with E-state index in [4.69, 9.17) is 18.9 Å². The molecule has 0 spiro atoms. The zero-order chi connectivity index (χ0) is 28.8. The summed E-state index contributed by atoms with van der Waals surface area (Å²) in [6.45, 7) is -0.410. The third kappa shape index (κ3) is 6.25. The molecule has 0 radical (unpaired) electrons. The fourth-order valence-corrected chi connectivity index (χ4v) is 4.15. The van der Waals surface area contributed by atoms with Crippen LogP contribution in [0.5, 0.6) is 0 Å². The standard InChI is InChI=1S/C28H22N4O9/c33-26(18-10-4-1-5-11-18)38-17-21-23(40-27(34)19-12-6-2-7-13-19)24(41-28(35)20-14-8-3-9-15-20)25(39-21)31-16-22(29-30-31)32(36)37/h1-16,21,23-25H,17H2/t21-,23-,24-,25-/m1/s1. The van der Waals surface area contributed by atoms with Crippen LogP contribution in [0.25, 0.3) is 0 Å². The Hall–Kier alpha value is -5.43. The van der Waals surface area contributed by atoms with Gasteiger partial charge >= 0.3 is 23.7 Å². The van der Waals surface area contributed by atoms with E-state index in [2.05, 4.69) is 10.3 Å². The molecular formula is C28H22N4O9. The molecule has 13 nitrogen and oxygen atoms in total. The lowest BCUT2D eigenvalue weighted by Gasteiger charge is -2.24. The van der Waals surface area contributed by atoms with Gasteiger partial charge in [0.1, 0.15) is 24.0 Å². The van der Waals surface area contributed by atoms with E-state index in [0.29, 0.717) is 0 Å². The van der Waals surface area contributed by atoms with Crippen LogP contribution in [0.2, 0.25) is 0 Å². The van der Waals surface area contributed by atoms with E-state index < -0.39 is 59.8 Å². The first-order chi connectivity index (χ1) is 19.9. The number of hydrogen-bond donors (Lipinski definition) is 0. The number of hydrogen-bond acceptors (Lipinski definition) is 11. The molecule has 3 aromatic carbocycles. The summed E-state index contributed by atoms with van der Waals surface area (Å²) in [5.41, 5.74) is 0.683. The molecule has 0 amide bonds. The van der Waals surface area contributed by atoms with Crippen molar-refractivity contribution in [3.05, 3.63) is 124 Å². The summed E-state index contributed by atoms with van der Waals surface area (Å²) in [5, 5.41) is 18.5. The van der Waals surface area contributed by atoms with Crippen LogP contribution >= 0.6 is 0 Å². The highest BCUT2D eigenvalue weighted by atomic mass is 16.7. The van der Waals surface area contributed by atoms with Crippen molar-refractivity contribution in [3.8, 4) is 0 Å². The Morgan fingerprint density at radius 2 is 1.27 bits per heavy atom. The normalized spacial score (nSPS) is 19.7. The number of carbonyl (C=O) groups is 3. The molecule has 0 bridgehead atoms. The molecule has 4 atom stereocenters.